The topological polar surface area (TPSA) is 96.5 Å². The van der Waals surface area contributed by atoms with Gasteiger partial charge in [-0.3, -0.25) is 0 Å². The highest BCUT2D eigenvalue weighted by atomic mass is 16.6. The van der Waals surface area contributed by atoms with Crippen molar-refractivity contribution in [2.24, 2.45) is 0 Å². The Kier molecular flexibility index (Phi) is 19.6. The van der Waals surface area contributed by atoms with E-state index in [2.05, 4.69) is 17.6 Å². The second kappa shape index (κ2) is 22.1. The van der Waals surface area contributed by atoms with Gasteiger partial charge in [0.1, 0.15) is 6.61 Å². The number of anilines is 1. The highest BCUT2D eigenvalue weighted by Crippen LogP contribution is 2.10. The summed E-state index contributed by atoms with van der Waals surface area (Å²) in [5.74, 6) is -0.350. The van der Waals surface area contributed by atoms with Crippen LogP contribution in [-0.4, -0.2) is 98.8 Å². The number of nitrogens with one attached hydrogen (secondary N) is 2. The Bertz CT molecular complexity index is 572. The summed E-state index contributed by atoms with van der Waals surface area (Å²) in [5, 5.41) is 6.33. The van der Waals surface area contributed by atoms with Gasteiger partial charge in [0.2, 0.25) is 0 Å². The van der Waals surface area contributed by atoms with Crippen LogP contribution in [0.4, 0.5) is 5.69 Å². The molecule has 0 aliphatic heterocycles. The summed E-state index contributed by atoms with van der Waals surface area (Å²) in [6, 6.07) is 7.31. The molecule has 0 unspecified atom stereocenters. The van der Waals surface area contributed by atoms with Crippen LogP contribution in [-0.2, 0) is 28.4 Å². The Hall–Kier alpha value is -1.75. The van der Waals surface area contributed by atoms with E-state index in [9.17, 15) is 4.79 Å². The highest BCUT2D eigenvalue weighted by Gasteiger charge is 2.06. The van der Waals surface area contributed by atoms with Gasteiger partial charge in [-0.2, -0.15) is 0 Å². The number of likely N-dealkylation sites (N-methyl/N-ethyl adjacent to an activating group) is 1. The van der Waals surface area contributed by atoms with E-state index in [1.807, 2.05) is 19.2 Å². The minimum Gasteiger partial charge on any atom is -0.460 e. The first-order valence-corrected chi connectivity index (χ1v) is 11.8. The largest absolute Gasteiger partial charge is 0.460 e. The Morgan fingerprint density at radius 3 is 1.67 bits per heavy atom. The molecule has 9 heteroatoms. The average molecular weight is 471 g/mol. The highest BCUT2D eigenvalue weighted by molar-refractivity contribution is 5.89. The van der Waals surface area contributed by atoms with Gasteiger partial charge in [0, 0.05) is 18.8 Å². The Balaban J connectivity index is 1.85. The minimum absolute atomic E-state index is 0.207. The average Bonchev–Trinajstić information content (AvgIpc) is 2.83. The van der Waals surface area contributed by atoms with Crippen LogP contribution in [0.5, 0.6) is 0 Å². The molecule has 0 atom stereocenters. The van der Waals surface area contributed by atoms with Crippen molar-refractivity contribution in [3.63, 3.8) is 0 Å². The lowest BCUT2D eigenvalue weighted by atomic mass is 10.2. The van der Waals surface area contributed by atoms with Crippen molar-refractivity contribution in [3.8, 4) is 0 Å². The fourth-order valence-electron chi connectivity index (χ4n) is 2.57. The van der Waals surface area contributed by atoms with Crippen molar-refractivity contribution in [1.82, 2.24) is 5.32 Å². The zero-order chi connectivity index (χ0) is 23.8. The zero-order valence-corrected chi connectivity index (χ0v) is 20.3. The summed E-state index contributed by atoms with van der Waals surface area (Å²) in [7, 11) is 1.89. The van der Waals surface area contributed by atoms with Crippen LogP contribution in [0.2, 0.25) is 0 Å². The lowest BCUT2D eigenvalue weighted by molar-refractivity contribution is -0.0149. The summed E-state index contributed by atoms with van der Waals surface area (Å²) in [6.45, 7) is 9.28. The molecule has 0 spiro atoms. The molecule has 0 saturated heterocycles. The molecule has 1 aromatic carbocycles. The van der Waals surface area contributed by atoms with E-state index in [4.69, 9.17) is 28.4 Å². The van der Waals surface area contributed by atoms with Crippen LogP contribution < -0.4 is 10.6 Å². The predicted molar refractivity (Wildman–Crippen MR) is 128 cm³/mol. The van der Waals surface area contributed by atoms with Crippen LogP contribution in [0.15, 0.2) is 24.3 Å². The third kappa shape index (κ3) is 17.4. The van der Waals surface area contributed by atoms with Crippen LogP contribution in [0.25, 0.3) is 0 Å². The molecule has 0 saturated carbocycles. The third-order valence-electron chi connectivity index (χ3n) is 4.43. The lowest BCUT2D eigenvalue weighted by Crippen LogP contribution is -2.17. The van der Waals surface area contributed by atoms with Gasteiger partial charge in [-0.1, -0.05) is 13.3 Å². The fraction of sp³-hybridized carbons (Fsp3) is 0.708. The first kappa shape index (κ1) is 29.3. The normalized spacial score (nSPS) is 11.0. The first-order chi connectivity index (χ1) is 16.3. The van der Waals surface area contributed by atoms with Crippen LogP contribution >= 0.6 is 0 Å². The Morgan fingerprint density at radius 1 is 0.697 bits per heavy atom. The van der Waals surface area contributed by atoms with Crippen molar-refractivity contribution in [2.45, 2.75) is 19.8 Å². The molecule has 0 heterocycles. The number of esters is 1. The molecule has 0 fully saturated rings. The van der Waals surface area contributed by atoms with Crippen molar-refractivity contribution in [1.29, 1.82) is 0 Å². The SMILES string of the molecule is CCCCNc1ccc(C(=O)OCCOCCOCCOCCOCCOCCNC)cc1. The molecule has 33 heavy (non-hydrogen) atoms. The quantitative estimate of drug-likeness (QED) is 0.185. The number of carbonyl (C=O) groups excluding carboxylic acids is 1. The van der Waals surface area contributed by atoms with Gasteiger partial charge in [0.05, 0.1) is 71.6 Å². The Morgan fingerprint density at radius 2 is 1.18 bits per heavy atom. The van der Waals surface area contributed by atoms with E-state index in [0.717, 1.165) is 31.6 Å². The number of carbonyl (C=O) groups is 1. The standard InChI is InChI=1S/C24H42N2O7/c1-3-4-9-26-23-7-5-22(6-8-23)24(27)33-21-20-32-19-18-31-17-16-30-15-14-29-13-12-28-11-10-25-2/h5-8,25-26H,3-4,9-21H2,1-2H3. The van der Waals surface area contributed by atoms with Crippen LogP contribution in [0.3, 0.4) is 0 Å². The summed E-state index contributed by atoms with van der Waals surface area (Å²) in [5.41, 5.74) is 1.53. The summed E-state index contributed by atoms with van der Waals surface area (Å²) >= 11 is 0. The number of ether oxygens (including phenoxy) is 6. The minimum atomic E-state index is -0.350. The van der Waals surface area contributed by atoms with E-state index in [1.54, 1.807) is 12.1 Å². The van der Waals surface area contributed by atoms with Crippen LogP contribution in [0.1, 0.15) is 30.1 Å². The van der Waals surface area contributed by atoms with E-state index < -0.39 is 0 Å². The van der Waals surface area contributed by atoms with Gasteiger partial charge in [0.15, 0.2) is 0 Å². The smallest absolute Gasteiger partial charge is 0.338 e. The summed E-state index contributed by atoms with van der Waals surface area (Å²) in [6.07, 6.45) is 2.26. The third-order valence-corrected chi connectivity index (χ3v) is 4.43. The molecule has 2 N–H and O–H groups in total. The zero-order valence-electron chi connectivity index (χ0n) is 20.3. The number of benzene rings is 1. The molecule has 0 aliphatic rings. The second-order valence-corrected chi connectivity index (χ2v) is 7.16. The van der Waals surface area contributed by atoms with Gasteiger partial charge in [0.25, 0.3) is 0 Å². The molecule has 0 aromatic heterocycles. The Labute approximate surface area is 198 Å². The molecule has 190 valence electrons. The molecule has 0 amide bonds. The fourth-order valence-corrected chi connectivity index (χ4v) is 2.57. The van der Waals surface area contributed by atoms with Crippen molar-refractivity contribution in [2.75, 3.05) is 98.1 Å². The molecule has 0 radical (unpaired) electrons. The van der Waals surface area contributed by atoms with Gasteiger partial charge in [-0.15, -0.1) is 0 Å². The van der Waals surface area contributed by atoms with Crippen molar-refractivity contribution < 1.29 is 33.2 Å². The molecule has 1 rings (SSSR count). The van der Waals surface area contributed by atoms with Gasteiger partial charge < -0.3 is 39.1 Å². The van der Waals surface area contributed by atoms with Gasteiger partial charge in [-0.25, -0.2) is 4.79 Å². The van der Waals surface area contributed by atoms with Gasteiger partial charge in [-0.05, 0) is 37.7 Å². The van der Waals surface area contributed by atoms with Gasteiger partial charge >= 0.3 is 5.97 Å². The predicted octanol–water partition coefficient (Wildman–Crippen LogP) is 2.36. The first-order valence-electron chi connectivity index (χ1n) is 11.8. The van der Waals surface area contributed by atoms with E-state index >= 15 is 0 Å². The number of rotatable bonds is 23. The van der Waals surface area contributed by atoms with E-state index in [1.165, 1.54) is 0 Å². The summed E-state index contributed by atoms with van der Waals surface area (Å²) in [4.78, 5) is 12.0. The second-order valence-electron chi connectivity index (χ2n) is 7.16. The molecule has 9 nitrogen and oxygen atoms in total. The molecule has 1 aromatic rings. The maximum absolute atomic E-state index is 12.0. The lowest BCUT2D eigenvalue weighted by Gasteiger charge is -2.09. The van der Waals surface area contributed by atoms with E-state index in [0.29, 0.717) is 71.6 Å². The maximum atomic E-state index is 12.0. The van der Waals surface area contributed by atoms with Crippen molar-refractivity contribution in [3.05, 3.63) is 29.8 Å². The molecule has 0 bridgehead atoms. The maximum Gasteiger partial charge on any atom is 0.338 e. The number of hydrogen-bond acceptors (Lipinski definition) is 9. The summed E-state index contributed by atoms with van der Waals surface area (Å²) < 4.78 is 32.2. The van der Waals surface area contributed by atoms with E-state index in [-0.39, 0.29) is 12.6 Å². The molecular formula is C24H42N2O7. The van der Waals surface area contributed by atoms with Crippen LogP contribution in [0, 0.1) is 0 Å². The molecule has 0 aliphatic carbocycles. The number of hydrogen-bond donors (Lipinski definition) is 2. The number of unbranched alkanes of at least 4 members (excludes halogenated alkanes) is 1. The molecular weight excluding hydrogens is 428 g/mol. The van der Waals surface area contributed by atoms with Crippen molar-refractivity contribution >= 4 is 11.7 Å². The monoisotopic (exact) mass is 470 g/mol.